The fourth-order valence-corrected chi connectivity index (χ4v) is 4.18. The number of hydrogen-bond donors (Lipinski definition) is 0. The molecule has 0 heterocycles. The SMILES string of the molecule is CCCCCCCCOC(=O)C1CCC(C(=O)OC2CCCCC2)CC1. The van der Waals surface area contributed by atoms with Crippen molar-refractivity contribution in [1.82, 2.24) is 0 Å². The Labute approximate surface area is 159 Å². The summed E-state index contributed by atoms with van der Waals surface area (Å²) in [6.07, 6.45) is 16.0. The molecule has 0 spiro atoms. The molecule has 0 aromatic rings. The largest absolute Gasteiger partial charge is 0.465 e. The minimum Gasteiger partial charge on any atom is -0.465 e. The Hall–Kier alpha value is -1.06. The third-order valence-electron chi connectivity index (χ3n) is 5.97. The molecule has 0 saturated heterocycles. The highest BCUT2D eigenvalue weighted by Crippen LogP contribution is 2.31. The molecular weight excluding hydrogens is 328 g/mol. The molecule has 0 atom stereocenters. The van der Waals surface area contributed by atoms with E-state index in [9.17, 15) is 9.59 Å². The fourth-order valence-electron chi connectivity index (χ4n) is 4.18. The Morgan fingerprint density at radius 2 is 1.31 bits per heavy atom. The van der Waals surface area contributed by atoms with Gasteiger partial charge in [0.05, 0.1) is 18.4 Å². The van der Waals surface area contributed by atoms with E-state index in [1.807, 2.05) is 0 Å². The molecule has 150 valence electrons. The summed E-state index contributed by atoms with van der Waals surface area (Å²) in [5.74, 6) is -0.123. The van der Waals surface area contributed by atoms with Crippen molar-refractivity contribution in [1.29, 1.82) is 0 Å². The molecule has 0 N–H and O–H groups in total. The smallest absolute Gasteiger partial charge is 0.309 e. The van der Waals surface area contributed by atoms with Crippen LogP contribution in [0.4, 0.5) is 0 Å². The highest BCUT2D eigenvalue weighted by molar-refractivity contribution is 5.75. The summed E-state index contributed by atoms with van der Waals surface area (Å²) in [6, 6.07) is 0. The molecule has 2 aliphatic carbocycles. The van der Waals surface area contributed by atoms with Gasteiger partial charge in [0.15, 0.2) is 0 Å². The van der Waals surface area contributed by atoms with Gasteiger partial charge in [0, 0.05) is 0 Å². The zero-order chi connectivity index (χ0) is 18.6. The summed E-state index contributed by atoms with van der Waals surface area (Å²) < 4.78 is 11.1. The normalized spacial score (nSPS) is 24.2. The van der Waals surface area contributed by atoms with Crippen LogP contribution < -0.4 is 0 Å². The molecule has 0 unspecified atom stereocenters. The van der Waals surface area contributed by atoms with Crippen LogP contribution in [0.2, 0.25) is 0 Å². The van der Waals surface area contributed by atoms with Gasteiger partial charge >= 0.3 is 11.9 Å². The molecule has 0 aliphatic heterocycles. The second kappa shape index (κ2) is 12.3. The number of ether oxygens (including phenoxy) is 2. The van der Waals surface area contributed by atoms with E-state index in [0.717, 1.165) is 51.4 Å². The van der Waals surface area contributed by atoms with E-state index in [1.165, 1.54) is 44.9 Å². The van der Waals surface area contributed by atoms with E-state index < -0.39 is 0 Å². The highest BCUT2D eigenvalue weighted by Gasteiger charge is 2.32. The van der Waals surface area contributed by atoms with Crippen LogP contribution in [0.1, 0.15) is 103 Å². The lowest BCUT2D eigenvalue weighted by Gasteiger charge is -2.28. The second-order valence-corrected chi connectivity index (χ2v) is 8.18. The first kappa shape index (κ1) is 21.2. The van der Waals surface area contributed by atoms with Crippen LogP contribution in [-0.4, -0.2) is 24.6 Å². The summed E-state index contributed by atoms with van der Waals surface area (Å²) in [4.78, 5) is 24.5. The lowest BCUT2D eigenvalue weighted by Crippen LogP contribution is -2.31. The van der Waals surface area contributed by atoms with Gasteiger partial charge in [0.25, 0.3) is 0 Å². The number of carbonyl (C=O) groups is 2. The average Bonchev–Trinajstić information content (AvgIpc) is 2.68. The van der Waals surface area contributed by atoms with Crippen LogP contribution in [0.3, 0.4) is 0 Å². The first-order valence-electron chi connectivity index (χ1n) is 11.1. The van der Waals surface area contributed by atoms with Crippen molar-refractivity contribution < 1.29 is 19.1 Å². The number of hydrogen-bond acceptors (Lipinski definition) is 4. The Morgan fingerprint density at radius 1 is 0.731 bits per heavy atom. The van der Waals surface area contributed by atoms with Crippen LogP contribution >= 0.6 is 0 Å². The summed E-state index contributed by atoms with van der Waals surface area (Å²) >= 11 is 0. The minimum absolute atomic E-state index is 0.0143. The number of carbonyl (C=O) groups excluding carboxylic acids is 2. The molecule has 2 aliphatic rings. The molecular formula is C22H38O4. The Balaban J connectivity index is 1.55. The lowest BCUT2D eigenvalue weighted by atomic mass is 9.82. The first-order chi connectivity index (χ1) is 12.7. The van der Waals surface area contributed by atoms with Crippen molar-refractivity contribution in [3.8, 4) is 0 Å². The molecule has 2 fully saturated rings. The Morgan fingerprint density at radius 3 is 1.96 bits per heavy atom. The second-order valence-electron chi connectivity index (χ2n) is 8.18. The van der Waals surface area contributed by atoms with Crippen molar-refractivity contribution in [3.63, 3.8) is 0 Å². The molecule has 0 radical (unpaired) electrons. The van der Waals surface area contributed by atoms with Crippen molar-refractivity contribution in [3.05, 3.63) is 0 Å². The quantitative estimate of drug-likeness (QED) is 0.374. The fraction of sp³-hybridized carbons (Fsp3) is 0.909. The molecule has 0 amide bonds. The van der Waals surface area contributed by atoms with E-state index >= 15 is 0 Å². The maximum Gasteiger partial charge on any atom is 0.309 e. The van der Waals surface area contributed by atoms with Crippen molar-refractivity contribution in [2.45, 2.75) is 109 Å². The van der Waals surface area contributed by atoms with Crippen molar-refractivity contribution in [2.24, 2.45) is 11.8 Å². The van der Waals surface area contributed by atoms with Gasteiger partial charge in [-0.05, 0) is 57.8 Å². The van der Waals surface area contributed by atoms with Gasteiger partial charge in [-0.25, -0.2) is 0 Å². The number of unbranched alkanes of at least 4 members (excludes halogenated alkanes) is 5. The predicted molar refractivity (Wildman–Crippen MR) is 103 cm³/mol. The number of esters is 2. The summed E-state index contributed by atoms with van der Waals surface area (Å²) in [7, 11) is 0. The maximum absolute atomic E-state index is 12.3. The van der Waals surface area contributed by atoms with Crippen LogP contribution in [0.25, 0.3) is 0 Å². The zero-order valence-corrected chi connectivity index (χ0v) is 16.7. The maximum atomic E-state index is 12.3. The van der Waals surface area contributed by atoms with Gasteiger partial charge in [-0.15, -0.1) is 0 Å². The Kier molecular flexibility index (Phi) is 10.1. The first-order valence-corrected chi connectivity index (χ1v) is 11.1. The number of rotatable bonds is 10. The van der Waals surface area contributed by atoms with Crippen molar-refractivity contribution >= 4 is 11.9 Å². The lowest BCUT2D eigenvalue weighted by molar-refractivity contribution is -0.159. The average molecular weight is 367 g/mol. The third-order valence-corrected chi connectivity index (χ3v) is 5.97. The molecule has 4 heteroatoms. The molecule has 0 aromatic heterocycles. The van der Waals surface area contributed by atoms with Crippen LogP contribution in [-0.2, 0) is 19.1 Å². The van der Waals surface area contributed by atoms with Crippen molar-refractivity contribution in [2.75, 3.05) is 6.61 Å². The van der Waals surface area contributed by atoms with Crippen LogP contribution in [0, 0.1) is 11.8 Å². The standard InChI is InChI=1S/C22H38O4/c1-2-3-4-5-6-10-17-25-21(23)18-13-15-19(16-14-18)22(24)26-20-11-8-7-9-12-20/h18-20H,2-17H2,1H3. The van der Waals surface area contributed by atoms with E-state index in [1.54, 1.807) is 0 Å². The van der Waals surface area contributed by atoms with Gasteiger partial charge in [0.2, 0.25) is 0 Å². The monoisotopic (exact) mass is 366 g/mol. The van der Waals surface area contributed by atoms with E-state index in [2.05, 4.69) is 6.92 Å². The molecule has 26 heavy (non-hydrogen) atoms. The molecule has 4 nitrogen and oxygen atoms in total. The van der Waals surface area contributed by atoms with Gasteiger partial charge in [-0.3, -0.25) is 9.59 Å². The van der Waals surface area contributed by atoms with E-state index in [-0.39, 0.29) is 29.9 Å². The summed E-state index contributed by atoms with van der Waals surface area (Å²) in [5, 5.41) is 0. The van der Waals surface area contributed by atoms with Gasteiger partial charge in [-0.1, -0.05) is 45.4 Å². The van der Waals surface area contributed by atoms with Gasteiger partial charge in [-0.2, -0.15) is 0 Å². The molecule has 0 aromatic carbocycles. The highest BCUT2D eigenvalue weighted by atomic mass is 16.5. The minimum atomic E-state index is -0.0577. The molecule has 2 saturated carbocycles. The van der Waals surface area contributed by atoms with E-state index in [4.69, 9.17) is 9.47 Å². The van der Waals surface area contributed by atoms with Crippen LogP contribution in [0.5, 0.6) is 0 Å². The Bertz CT molecular complexity index is 406. The molecule has 2 rings (SSSR count). The van der Waals surface area contributed by atoms with Crippen LogP contribution in [0.15, 0.2) is 0 Å². The van der Waals surface area contributed by atoms with E-state index in [0.29, 0.717) is 6.61 Å². The zero-order valence-electron chi connectivity index (χ0n) is 16.7. The predicted octanol–water partition coefficient (Wildman–Crippen LogP) is 5.57. The molecule has 0 bridgehead atoms. The summed E-state index contributed by atoms with van der Waals surface area (Å²) in [6.45, 7) is 2.76. The van der Waals surface area contributed by atoms with Gasteiger partial charge in [0.1, 0.15) is 6.10 Å². The summed E-state index contributed by atoms with van der Waals surface area (Å²) in [5.41, 5.74) is 0. The topological polar surface area (TPSA) is 52.6 Å². The third kappa shape index (κ3) is 7.67. The van der Waals surface area contributed by atoms with Gasteiger partial charge < -0.3 is 9.47 Å².